The molecule has 1 atom stereocenters. The van der Waals surface area contributed by atoms with E-state index < -0.39 is 0 Å². The van der Waals surface area contributed by atoms with Crippen LogP contribution in [-0.2, 0) is 11.3 Å². The van der Waals surface area contributed by atoms with Gasteiger partial charge in [-0.3, -0.25) is 9.69 Å². The molecule has 0 bridgehead atoms. The van der Waals surface area contributed by atoms with Crippen LogP contribution in [0.15, 0.2) is 54.6 Å². The lowest BCUT2D eigenvalue weighted by molar-refractivity contribution is -0.134. The van der Waals surface area contributed by atoms with Crippen molar-refractivity contribution in [3.05, 3.63) is 60.2 Å². The smallest absolute Gasteiger partial charge is 0.246 e. The number of carbonyl (C=O) groups excluding carboxylic acids is 1. The van der Waals surface area contributed by atoms with E-state index >= 15 is 0 Å². The zero-order valence-electron chi connectivity index (χ0n) is 17.3. The number of hydrogen-bond acceptors (Lipinski definition) is 7. The summed E-state index contributed by atoms with van der Waals surface area (Å²) in [6, 6.07) is 19.1. The van der Waals surface area contributed by atoms with E-state index in [1.165, 1.54) is 4.80 Å². The number of ether oxygens (including phenoxy) is 1. The molecule has 1 aromatic heterocycles. The second-order valence-electron chi connectivity index (χ2n) is 7.23. The van der Waals surface area contributed by atoms with Crippen LogP contribution in [0, 0.1) is 11.3 Å². The minimum Gasteiger partial charge on any atom is -0.497 e. The summed E-state index contributed by atoms with van der Waals surface area (Å²) in [6.45, 7) is 2.38. The fourth-order valence-corrected chi connectivity index (χ4v) is 3.62. The molecule has 2 heterocycles. The molecule has 1 amide bonds. The van der Waals surface area contributed by atoms with Gasteiger partial charge in [0.05, 0.1) is 13.2 Å². The lowest BCUT2D eigenvalue weighted by Crippen LogP contribution is -2.50. The number of carbonyl (C=O) groups is 1. The first-order valence-electron chi connectivity index (χ1n) is 10.1. The normalized spacial score (nSPS) is 15.3. The zero-order chi connectivity index (χ0) is 21.6. The van der Waals surface area contributed by atoms with E-state index in [1.54, 1.807) is 12.0 Å². The molecule has 1 aliphatic rings. The lowest BCUT2D eigenvalue weighted by atomic mass is 10.1. The van der Waals surface area contributed by atoms with Crippen LogP contribution in [0.1, 0.15) is 11.6 Å². The second kappa shape index (κ2) is 9.36. The number of nitriles is 1. The molecule has 0 N–H and O–H groups in total. The van der Waals surface area contributed by atoms with Crippen molar-refractivity contribution < 1.29 is 9.53 Å². The molecule has 158 valence electrons. The van der Waals surface area contributed by atoms with Crippen molar-refractivity contribution in [3.63, 3.8) is 0 Å². The van der Waals surface area contributed by atoms with Crippen LogP contribution >= 0.6 is 0 Å². The van der Waals surface area contributed by atoms with Gasteiger partial charge in [0.2, 0.25) is 11.7 Å². The minimum absolute atomic E-state index is 0.0417. The Hall–Kier alpha value is -3.77. The van der Waals surface area contributed by atoms with Gasteiger partial charge in [0, 0.05) is 31.7 Å². The average Bonchev–Trinajstić information content (AvgIpc) is 3.29. The molecular formula is C22H23N7O2. The molecule has 1 saturated heterocycles. The standard InChI is InChI=1S/C22H23N7O2/c1-31-19-9-7-17(8-10-19)20(15-23)27-11-13-28(14-12-27)21(30)16-29-25-22(24-26-29)18-5-3-2-4-6-18/h2-10,20H,11-14,16H2,1H3. The number of piperazine rings is 1. The number of nitrogens with zero attached hydrogens (tertiary/aromatic N) is 7. The topological polar surface area (TPSA) is 100 Å². The third-order valence-electron chi connectivity index (χ3n) is 5.35. The first-order chi connectivity index (χ1) is 15.2. The summed E-state index contributed by atoms with van der Waals surface area (Å²) < 4.78 is 5.19. The van der Waals surface area contributed by atoms with E-state index in [0.717, 1.165) is 16.9 Å². The summed E-state index contributed by atoms with van der Waals surface area (Å²) in [4.78, 5) is 17.9. The van der Waals surface area contributed by atoms with Crippen molar-refractivity contribution in [2.45, 2.75) is 12.6 Å². The van der Waals surface area contributed by atoms with Crippen LogP contribution in [0.2, 0.25) is 0 Å². The Morgan fingerprint density at radius 1 is 1.10 bits per heavy atom. The Balaban J connectivity index is 1.33. The highest BCUT2D eigenvalue weighted by Crippen LogP contribution is 2.24. The highest BCUT2D eigenvalue weighted by Gasteiger charge is 2.27. The summed E-state index contributed by atoms with van der Waals surface area (Å²) >= 11 is 0. The molecule has 1 aliphatic heterocycles. The molecule has 0 radical (unpaired) electrons. The van der Waals surface area contributed by atoms with Gasteiger partial charge in [-0.25, -0.2) is 0 Å². The zero-order valence-corrected chi connectivity index (χ0v) is 17.3. The van der Waals surface area contributed by atoms with Crippen LogP contribution < -0.4 is 4.74 Å². The summed E-state index contributed by atoms with van der Waals surface area (Å²) in [5.41, 5.74) is 1.78. The van der Waals surface area contributed by atoms with Crippen LogP contribution in [-0.4, -0.2) is 69.2 Å². The predicted octanol–water partition coefficient (Wildman–Crippen LogP) is 1.76. The van der Waals surface area contributed by atoms with Gasteiger partial charge in [-0.15, -0.1) is 10.2 Å². The average molecular weight is 417 g/mol. The van der Waals surface area contributed by atoms with Gasteiger partial charge in [0.1, 0.15) is 18.3 Å². The van der Waals surface area contributed by atoms with Crippen molar-refractivity contribution >= 4 is 5.91 Å². The number of amides is 1. The number of hydrogen-bond donors (Lipinski definition) is 0. The van der Waals surface area contributed by atoms with Gasteiger partial charge in [-0.05, 0) is 22.9 Å². The van der Waals surface area contributed by atoms with Gasteiger partial charge >= 0.3 is 0 Å². The largest absolute Gasteiger partial charge is 0.497 e. The molecular weight excluding hydrogens is 394 g/mol. The molecule has 0 aliphatic carbocycles. The Morgan fingerprint density at radius 2 is 1.81 bits per heavy atom. The molecule has 31 heavy (non-hydrogen) atoms. The quantitative estimate of drug-likeness (QED) is 0.602. The van der Waals surface area contributed by atoms with E-state index in [4.69, 9.17) is 4.74 Å². The Kier molecular flexibility index (Phi) is 6.19. The van der Waals surface area contributed by atoms with Crippen LogP contribution in [0.4, 0.5) is 0 Å². The Morgan fingerprint density at radius 3 is 2.45 bits per heavy atom. The van der Waals surface area contributed by atoms with E-state index in [-0.39, 0.29) is 18.5 Å². The molecule has 2 aromatic carbocycles. The molecule has 4 rings (SSSR count). The van der Waals surface area contributed by atoms with Crippen LogP contribution in [0.25, 0.3) is 11.4 Å². The summed E-state index contributed by atoms with van der Waals surface area (Å²) in [5.74, 6) is 1.19. The Bertz CT molecular complexity index is 1050. The molecule has 9 heteroatoms. The second-order valence-corrected chi connectivity index (χ2v) is 7.23. The van der Waals surface area contributed by atoms with Crippen molar-refractivity contribution in [1.82, 2.24) is 30.0 Å². The van der Waals surface area contributed by atoms with Crippen LogP contribution in [0.5, 0.6) is 5.75 Å². The molecule has 3 aromatic rings. The summed E-state index contributed by atoms with van der Waals surface area (Å²) in [6.07, 6.45) is 0. The molecule has 1 fully saturated rings. The maximum atomic E-state index is 12.7. The SMILES string of the molecule is COc1ccc(C(C#N)N2CCN(C(=O)Cn3nnc(-c4ccccc4)n3)CC2)cc1. The van der Waals surface area contributed by atoms with Crippen LogP contribution in [0.3, 0.4) is 0 Å². The highest BCUT2D eigenvalue weighted by molar-refractivity contribution is 5.76. The first kappa shape index (κ1) is 20.5. The first-order valence-corrected chi connectivity index (χ1v) is 10.1. The third-order valence-corrected chi connectivity index (χ3v) is 5.35. The van der Waals surface area contributed by atoms with Gasteiger partial charge in [0.15, 0.2) is 0 Å². The van der Waals surface area contributed by atoms with Gasteiger partial charge in [-0.2, -0.15) is 10.1 Å². The number of benzene rings is 2. The lowest BCUT2D eigenvalue weighted by Gasteiger charge is -2.37. The van der Waals surface area contributed by atoms with E-state index in [0.29, 0.717) is 32.0 Å². The number of tetrazole rings is 1. The highest BCUT2D eigenvalue weighted by atomic mass is 16.5. The van der Waals surface area contributed by atoms with E-state index in [1.807, 2.05) is 54.6 Å². The monoisotopic (exact) mass is 417 g/mol. The van der Waals surface area contributed by atoms with Crippen molar-refractivity contribution in [3.8, 4) is 23.2 Å². The van der Waals surface area contributed by atoms with E-state index in [2.05, 4.69) is 26.4 Å². The fraction of sp³-hybridized carbons (Fsp3) is 0.318. The van der Waals surface area contributed by atoms with E-state index in [9.17, 15) is 10.1 Å². The number of rotatable bonds is 6. The van der Waals surface area contributed by atoms with Gasteiger partial charge < -0.3 is 9.64 Å². The summed E-state index contributed by atoms with van der Waals surface area (Å²) in [7, 11) is 1.62. The van der Waals surface area contributed by atoms with Crippen molar-refractivity contribution in [2.24, 2.45) is 0 Å². The molecule has 0 saturated carbocycles. The predicted molar refractivity (Wildman–Crippen MR) is 113 cm³/mol. The van der Waals surface area contributed by atoms with Gasteiger partial charge in [0.25, 0.3) is 0 Å². The van der Waals surface area contributed by atoms with Crippen molar-refractivity contribution in [1.29, 1.82) is 5.26 Å². The third kappa shape index (κ3) is 4.70. The number of methoxy groups -OCH3 is 1. The maximum Gasteiger partial charge on any atom is 0.246 e. The maximum absolute atomic E-state index is 12.7. The summed E-state index contributed by atoms with van der Waals surface area (Å²) in [5, 5.41) is 22.0. The fourth-order valence-electron chi connectivity index (χ4n) is 3.62. The molecule has 0 spiro atoms. The minimum atomic E-state index is -0.353. The Labute approximate surface area is 180 Å². The molecule has 9 nitrogen and oxygen atoms in total. The van der Waals surface area contributed by atoms with Gasteiger partial charge in [-0.1, -0.05) is 42.5 Å². The number of aromatic nitrogens is 4. The molecule has 1 unspecified atom stereocenters. The van der Waals surface area contributed by atoms with Crippen molar-refractivity contribution in [2.75, 3.05) is 33.3 Å².